The summed E-state index contributed by atoms with van der Waals surface area (Å²) in [7, 11) is 0. The summed E-state index contributed by atoms with van der Waals surface area (Å²) >= 11 is 1.50. The molecule has 26 heavy (non-hydrogen) atoms. The summed E-state index contributed by atoms with van der Waals surface area (Å²) in [6.07, 6.45) is 2.47. The van der Waals surface area contributed by atoms with Gasteiger partial charge in [0, 0.05) is 18.7 Å². The van der Waals surface area contributed by atoms with Crippen LogP contribution < -0.4 is 10.2 Å². The maximum Gasteiger partial charge on any atom is 0.262 e. The van der Waals surface area contributed by atoms with Gasteiger partial charge in [-0.15, -0.1) is 11.3 Å². The molecule has 0 radical (unpaired) electrons. The van der Waals surface area contributed by atoms with E-state index in [1.54, 1.807) is 0 Å². The Morgan fingerprint density at radius 2 is 1.96 bits per heavy atom. The van der Waals surface area contributed by atoms with E-state index in [0.717, 1.165) is 48.5 Å². The van der Waals surface area contributed by atoms with Crippen molar-refractivity contribution >= 4 is 22.2 Å². The molecule has 1 aliphatic heterocycles. The second-order valence-corrected chi connectivity index (χ2v) is 7.83. The van der Waals surface area contributed by atoms with Gasteiger partial charge in [0.05, 0.1) is 29.2 Å². The maximum atomic E-state index is 12.8. The first-order valence-electron chi connectivity index (χ1n) is 8.96. The van der Waals surface area contributed by atoms with Crippen LogP contribution in [0, 0.1) is 11.3 Å². The second kappa shape index (κ2) is 7.10. The number of nitrogens with zero attached hydrogens (tertiary/aromatic N) is 2. The number of rotatable bonds is 4. The summed E-state index contributed by atoms with van der Waals surface area (Å²) < 4.78 is 5.47. The molecule has 1 N–H and O–H groups in total. The highest BCUT2D eigenvalue weighted by Crippen LogP contribution is 2.40. The second-order valence-electron chi connectivity index (χ2n) is 6.80. The van der Waals surface area contributed by atoms with Crippen molar-refractivity contribution in [2.24, 2.45) is 0 Å². The van der Waals surface area contributed by atoms with Gasteiger partial charge in [-0.1, -0.05) is 30.3 Å². The monoisotopic (exact) mass is 367 g/mol. The zero-order valence-corrected chi connectivity index (χ0v) is 15.3. The Labute approximate surface area is 157 Å². The molecule has 0 bridgehead atoms. The van der Waals surface area contributed by atoms with E-state index in [-0.39, 0.29) is 5.91 Å². The third-order valence-electron chi connectivity index (χ3n) is 5.09. The van der Waals surface area contributed by atoms with Gasteiger partial charge in [-0.05, 0) is 30.9 Å². The molecule has 1 saturated heterocycles. The molecular formula is C20H21N3O2S. The van der Waals surface area contributed by atoms with Crippen LogP contribution in [-0.2, 0) is 4.74 Å². The number of thiophene rings is 1. The fraction of sp³-hybridized carbons (Fsp3) is 0.400. The molecule has 2 aliphatic rings. The fourth-order valence-electron chi connectivity index (χ4n) is 3.39. The maximum absolute atomic E-state index is 12.8. The van der Waals surface area contributed by atoms with Crippen LogP contribution in [0.4, 0.5) is 5.00 Å². The summed E-state index contributed by atoms with van der Waals surface area (Å²) in [5.41, 5.74) is 1.50. The van der Waals surface area contributed by atoms with Gasteiger partial charge in [0.1, 0.15) is 5.54 Å². The predicted molar refractivity (Wildman–Crippen MR) is 102 cm³/mol. The van der Waals surface area contributed by atoms with E-state index in [1.165, 1.54) is 11.3 Å². The molecular weight excluding hydrogens is 346 g/mol. The van der Waals surface area contributed by atoms with Crippen LogP contribution in [-0.4, -0.2) is 37.7 Å². The molecule has 2 aromatic rings. The van der Waals surface area contributed by atoms with E-state index in [2.05, 4.69) is 28.4 Å². The van der Waals surface area contributed by atoms with Crippen molar-refractivity contribution in [3.8, 4) is 17.2 Å². The predicted octanol–water partition coefficient (Wildman–Crippen LogP) is 3.43. The lowest BCUT2D eigenvalue weighted by Crippen LogP contribution is -2.52. The molecule has 0 spiro atoms. The van der Waals surface area contributed by atoms with E-state index < -0.39 is 5.54 Å². The van der Waals surface area contributed by atoms with Gasteiger partial charge in [-0.2, -0.15) is 5.26 Å². The molecule has 2 fully saturated rings. The van der Waals surface area contributed by atoms with Crippen molar-refractivity contribution in [2.75, 3.05) is 31.2 Å². The van der Waals surface area contributed by atoms with E-state index in [0.29, 0.717) is 18.1 Å². The number of anilines is 1. The Kier molecular flexibility index (Phi) is 4.66. The van der Waals surface area contributed by atoms with Gasteiger partial charge in [-0.25, -0.2) is 0 Å². The number of hydrogen-bond acceptors (Lipinski definition) is 5. The van der Waals surface area contributed by atoms with Crippen LogP contribution in [0.15, 0.2) is 36.4 Å². The molecule has 1 saturated carbocycles. The average Bonchev–Trinajstić information content (AvgIpc) is 3.11. The summed E-state index contributed by atoms with van der Waals surface area (Å²) in [5, 5.41) is 13.4. The van der Waals surface area contributed by atoms with E-state index >= 15 is 0 Å². The number of nitriles is 1. The zero-order valence-electron chi connectivity index (χ0n) is 14.5. The zero-order chi connectivity index (χ0) is 18.0. The minimum atomic E-state index is -0.674. The van der Waals surface area contributed by atoms with Crippen LogP contribution in [0.25, 0.3) is 11.1 Å². The molecule has 0 unspecified atom stereocenters. The van der Waals surface area contributed by atoms with Gasteiger partial charge in [0.2, 0.25) is 0 Å². The highest BCUT2D eigenvalue weighted by molar-refractivity contribution is 7.18. The third-order valence-corrected chi connectivity index (χ3v) is 6.29. The Morgan fingerprint density at radius 1 is 1.23 bits per heavy atom. The van der Waals surface area contributed by atoms with Gasteiger partial charge >= 0.3 is 0 Å². The Hall–Kier alpha value is -2.36. The highest BCUT2D eigenvalue weighted by Gasteiger charge is 2.39. The topological polar surface area (TPSA) is 65.4 Å². The molecule has 1 aromatic heterocycles. The van der Waals surface area contributed by atoms with Crippen molar-refractivity contribution in [3.63, 3.8) is 0 Å². The van der Waals surface area contributed by atoms with E-state index in [4.69, 9.17) is 4.74 Å². The van der Waals surface area contributed by atoms with Crippen LogP contribution >= 0.6 is 11.3 Å². The van der Waals surface area contributed by atoms with Crippen molar-refractivity contribution in [2.45, 2.75) is 24.8 Å². The first-order valence-corrected chi connectivity index (χ1v) is 9.78. The molecule has 5 nitrogen and oxygen atoms in total. The van der Waals surface area contributed by atoms with E-state index in [9.17, 15) is 10.1 Å². The Bertz CT molecular complexity index is 830. The molecule has 4 rings (SSSR count). The lowest BCUT2D eigenvalue weighted by molar-refractivity contribution is 0.0886. The van der Waals surface area contributed by atoms with Crippen LogP contribution in [0.1, 0.15) is 28.9 Å². The molecule has 1 aromatic carbocycles. The first-order chi connectivity index (χ1) is 12.7. The molecule has 6 heteroatoms. The molecule has 0 atom stereocenters. The fourth-order valence-corrected chi connectivity index (χ4v) is 4.52. The number of carbonyl (C=O) groups excluding carboxylic acids is 1. The van der Waals surface area contributed by atoms with Crippen molar-refractivity contribution in [1.29, 1.82) is 5.26 Å². The summed E-state index contributed by atoms with van der Waals surface area (Å²) in [6.45, 7) is 3.05. The number of nitrogens with one attached hydrogen (secondary N) is 1. The quantitative estimate of drug-likeness (QED) is 0.899. The largest absolute Gasteiger partial charge is 0.378 e. The van der Waals surface area contributed by atoms with Crippen molar-refractivity contribution in [1.82, 2.24) is 5.32 Å². The number of carbonyl (C=O) groups is 1. The summed E-state index contributed by atoms with van der Waals surface area (Å²) in [5.74, 6) is -0.145. The lowest BCUT2D eigenvalue weighted by Gasteiger charge is -2.35. The molecule has 134 valence electrons. The van der Waals surface area contributed by atoms with Crippen LogP contribution in [0.2, 0.25) is 0 Å². The minimum absolute atomic E-state index is 0.145. The van der Waals surface area contributed by atoms with Gasteiger partial charge in [0.25, 0.3) is 5.91 Å². The Balaban J connectivity index is 1.66. The van der Waals surface area contributed by atoms with Gasteiger partial charge < -0.3 is 15.0 Å². The highest BCUT2D eigenvalue weighted by atomic mass is 32.1. The number of hydrogen-bond donors (Lipinski definition) is 1. The number of ether oxygens (including phenoxy) is 1. The number of morpholine rings is 1. The van der Waals surface area contributed by atoms with Crippen molar-refractivity contribution < 1.29 is 9.53 Å². The summed E-state index contributed by atoms with van der Waals surface area (Å²) in [4.78, 5) is 15.7. The SMILES string of the molecule is N#CC1(NC(=O)c2cc(-c3ccccc3)c(N3CCOCC3)s2)CCC1. The smallest absolute Gasteiger partial charge is 0.262 e. The molecule has 1 amide bonds. The normalized spacial score (nSPS) is 18.7. The average molecular weight is 367 g/mol. The third kappa shape index (κ3) is 3.20. The van der Waals surface area contributed by atoms with E-state index in [1.807, 2.05) is 24.3 Å². The van der Waals surface area contributed by atoms with Crippen LogP contribution in [0.3, 0.4) is 0 Å². The Morgan fingerprint density at radius 3 is 2.58 bits per heavy atom. The van der Waals surface area contributed by atoms with Crippen LogP contribution in [0.5, 0.6) is 0 Å². The van der Waals surface area contributed by atoms with Gasteiger partial charge in [0.15, 0.2) is 0 Å². The summed E-state index contributed by atoms with van der Waals surface area (Å²) in [6, 6.07) is 14.4. The van der Waals surface area contributed by atoms with Gasteiger partial charge in [-0.3, -0.25) is 4.79 Å². The minimum Gasteiger partial charge on any atom is -0.378 e. The standard InChI is InChI=1S/C20H21N3O2S/c21-14-20(7-4-8-20)22-18(24)17-13-16(15-5-2-1-3-6-15)19(26-17)23-9-11-25-12-10-23/h1-3,5-6,13H,4,7-12H2,(H,22,24). The van der Waals surface area contributed by atoms with Crippen molar-refractivity contribution in [3.05, 3.63) is 41.3 Å². The number of benzene rings is 1. The first kappa shape index (κ1) is 17.1. The lowest BCUT2D eigenvalue weighted by atomic mass is 9.78. The molecule has 1 aliphatic carbocycles. The molecule has 2 heterocycles. The number of amides is 1.